The van der Waals surface area contributed by atoms with Crippen LogP contribution in [0.25, 0.3) is 0 Å². The van der Waals surface area contributed by atoms with E-state index in [2.05, 4.69) is 34.1 Å². The molecule has 0 fully saturated rings. The summed E-state index contributed by atoms with van der Waals surface area (Å²) in [5, 5.41) is 9.27. The molecule has 0 saturated carbocycles. The number of nitrogens with zero attached hydrogens (tertiary/aromatic N) is 1. The van der Waals surface area contributed by atoms with Gasteiger partial charge in [0.05, 0.1) is 12.0 Å². The van der Waals surface area contributed by atoms with Crippen LogP contribution in [0.5, 0.6) is 0 Å². The van der Waals surface area contributed by atoms with Gasteiger partial charge in [0.2, 0.25) is 0 Å². The zero-order valence-electron chi connectivity index (χ0n) is 10.0. The van der Waals surface area contributed by atoms with E-state index in [-0.39, 0.29) is 5.92 Å². The van der Waals surface area contributed by atoms with Crippen molar-refractivity contribution < 1.29 is 0 Å². The fourth-order valence-electron chi connectivity index (χ4n) is 1.96. The lowest BCUT2D eigenvalue weighted by molar-refractivity contribution is 0.746. The van der Waals surface area contributed by atoms with E-state index in [0.717, 1.165) is 22.9 Å². The van der Waals surface area contributed by atoms with E-state index in [4.69, 9.17) is 0 Å². The van der Waals surface area contributed by atoms with Crippen LogP contribution in [0.3, 0.4) is 0 Å². The highest BCUT2D eigenvalue weighted by atomic mass is 79.9. The van der Waals surface area contributed by atoms with Crippen molar-refractivity contribution in [2.75, 3.05) is 0 Å². The SMILES string of the molecule is N#CC(CCc1ccccc1)c1ccc(Br)cc1. The maximum absolute atomic E-state index is 9.27. The van der Waals surface area contributed by atoms with Crippen LogP contribution in [0.15, 0.2) is 59.1 Å². The molecule has 0 saturated heterocycles. The van der Waals surface area contributed by atoms with Gasteiger partial charge in [-0.05, 0) is 36.1 Å². The van der Waals surface area contributed by atoms with Gasteiger partial charge >= 0.3 is 0 Å². The smallest absolute Gasteiger partial charge is 0.0715 e. The van der Waals surface area contributed by atoms with Crippen LogP contribution >= 0.6 is 15.9 Å². The molecule has 0 aliphatic rings. The van der Waals surface area contributed by atoms with E-state index >= 15 is 0 Å². The molecule has 0 spiro atoms. The zero-order chi connectivity index (χ0) is 12.8. The number of nitriles is 1. The quantitative estimate of drug-likeness (QED) is 0.803. The van der Waals surface area contributed by atoms with Crippen molar-refractivity contribution in [2.24, 2.45) is 0 Å². The van der Waals surface area contributed by atoms with Crippen LogP contribution in [0.4, 0.5) is 0 Å². The minimum Gasteiger partial charge on any atom is -0.198 e. The van der Waals surface area contributed by atoms with Crippen molar-refractivity contribution in [2.45, 2.75) is 18.8 Å². The Morgan fingerprint density at radius 3 is 2.28 bits per heavy atom. The second-order valence-electron chi connectivity index (χ2n) is 4.26. The van der Waals surface area contributed by atoms with Crippen molar-refractivity contribution in [3.63, 3.8) is 0 Å². The molecule has 2 rings (SSSR count). The van der Waals surface area contributed by atoms with Crippen molar-refractivity contribution in [3.8, 4) is 6.07 Å². The average Bonchev–Trinajstić information content (AvgIpc) is 2.42. The number of aryl methyl sites for hydroxylation is 1. The first-order valence-electron chi connectivity index (χ1n) is 5.98. The molecule has 2 aromatic carbocycles. The summed E-state index contributed by atoms with van der Waals surface area (Å²) in [6.07, 6.45) is 1.80. The summed E-state index contributed by atoms with van der Waals surface area (Å²) in [6.45, 7) is 0. The van der Waals surface area contributed by atoms with Crippen LogP contribution < -0.4 is 0 Å². The van der Waals surface area contributed by atoms with Crippen molar-refractivity contribution >= 4 is 15.9 Å². The molecule has 1 nitrogen and oxygen atoms in total. The summed E-state index contributed by atoms with van der Waals surface area (Å²) in [5.41, 5.74) is 2.38. The second-order valence-corrected chi connectivity index (χ2v) is 5.17. The standard InChI is InChI=1S/C16H14BrN/c17-16-10-8-14(9-11-16)15(12-18)7-6-13-4-2-1-3-5-13/h1-5,8-11,15H,6-7H2. The number of hydrogen-bond acceptors (Lipinski definition) is 1. The highest BCUT2D eigenvalue weighted by molar-refractivity contribution is 9.10. The van der Waals surface area contributed by atoms with Gasteiger partial charge in [0.15, 0.2) is 0 Å². The first-order chi connectivity index (χ1) is 8.79. The molecule has 1 atom stereocenters. The molecular weight excluding hydrogens is 286 g/mol. The third-order valence-electron chi connectivity index (χ3n) is 2.99. The molecule has 0 heterocycles. The first kappa shape index (κ1) is 12.9. The lowest BCUT2D eigenvalue weighted by atomic mass is 9.94. The molecule has 0 aliphatic carbocycles. The maximum atomic E-state index is 9.27. The van der Waals surface area contributed by atoms with Crippen molar-refractivity contribution in [1.82, 2.24) is 0 Å². The van der Waals surface area contributed by atoms with Crippen LogP contribution in [0.1, 0.15) is 23.5 Å². The van der Waals surface area contributed by atoms with Crippen molar-refractivity contribution in [3.05, 3.63) is 70.2 Å². The van der Waals surface area contributed by atoms with E-state index in [1.54, 1.807) is 0 Å². The predicted octanol–water partition coefficient (Wildman–Crippen LogP) is 4.69. The molecule has 2 heteroatoms. The molecule has 90 valence electrons. The van der Waals surface area contributed by atoms with E-state index in [1.807, 2.05) is 42.5 Å². The molecule has 0 N–H and O–H groups in total. The molecule has 0 bridgehead atoms. The van der Waals surface area contributed by atoms with Gasteiger partial charge in [-0.3, -0.25) is 0 Å². The lowest BCUT2D eigenvalue weighted by Crippen LogP contribution is -1.98. The molecule has 1 unspecified atom stereocenters. The number of hydrogen-bond donors (Lipinski definition) is 0. The Hall–Kier alpha value is -1.59. The average molecular weight is 300 g/mol. The minimum absolute atomic E-state index is 0.0293. The summed E-state index contributed by atoms with van der Waals surface area (Å²) in [7, 11) is 0. The van der Waals surface area contributed by atoms with E-state index in [1.165, 1.54) is 5.56 Å². The summed E-state index contributed by atoms with van der Waals surface area (Å²) in [4.78, 5) is 0. The molecule has 0 amide bonds. The second kappa shape index (κ2) is 6.37. The Balaban J connectivity index is 2.02. The normalized spacial score (nSPS) is 11.8. The highest BCUT2D eigenvalue weighted by Crippen LogP contribution is 2.22. The lowest BCUT2D eigenvalue weighted by Gasteiger charge is -2.09. The summed E-state index contributed by atoms with van der Waals surface area (Å²) in [5.74, 6) is -0.0293. The fraction of sp³-hybridized carbons (Fsp3) is 0.188. The van der Waals surface area contributed by atoms with Gasteiger partial charge in [0, 0.05) is 4.47 Å². The minimum atomic E-state index is -0.0293. The molecule has 0 aliphatic heterocycles. The number of benzene rings is 2. The Morgan fingerprint density at radius 1 is 1.00 bits per heavy atom. The third-order valence-corrected chi connectivity index (χ3v) is 3.52. The van der Waals surface area contributed by atoms with E-state index < -0.39 is 0 Å². The Morgan fingerprint density at radius 2 is 1.67 bits per heavy atom. The van der Waals surface area contributed by atoms with Crippen LogP contribution in [0.2, 0.25) is 0 Å². The fourth-order valence-corrected chi connectivity index (χ4v) is 2.22. The van der Waals surface area contributed by atoms with E-state index in [0.29, 0.717) is 0 Å². The molecule has 0 aromatic heterocycles. The summed E-state index contributed by atoms with van der Waals surface area (Å²) < 4.78 is 1.05. The van der Waals surface area contributed by atoms with Gasteiger partial charge in [-0.2, -0.15) is 5.26 Å². The van der Waals surface area contributed by atoms with Crippen molar-refractivity contribution in [1.29, 1.82) is 5.26 Å². The third kappa shape index (κ3) is 3.45. The van der Waals surface area contributed by atoms with Gasteiger partial charge in [-0.1, -0.05) is 58.4 Å². The zero-order valence-corrected chi connectivity index (χ0v) is 11.6. The highest BCUT2D eigenvalue weighted by Gasteiger charge is 2.10. The largest absolute Gasteiger partial charge is 0.198 e. The monoisotopic (exact) mass is 299 g/mol. The van der Waals surface area contributed by atoms with Gasteiger partial charge < -0.3 is 0 Å². The summed E-state index contributed by atoms with van der Waals surface area (Å²) >= 11 is 3.41. The van der Waals surface area contributed by atoms with Gasteiger partial charge in [-0.15, -0.1) is 0 Å². The number of rotatable bonds is 4. The molecule has 0 radical (unpaired) electrons. The molecule has 18 heavy (non-hydrogen) atoms. The summed E-state index contributed by atoms with van der Waals surface area (Å²) in [6, 6.07) is 20.7. The van der Waals surface area contributed by atoms with Gasteiger partial charge in [0.25, 0.3) is 0 Å². The maximum Gasteiger partial charge on any atom is 0.0715 e. The van der Waals surface area contributed by atoms with Gasteiger partial charge in [-0.25, -0.2) is 0 Å². The van der Waals surface area contributed by atoms with Crippen LogP contribution in [-0.4, -0.2) is 0 Å². The van der Waals surface area contributed by atoms with Crippen LogP contribution in [0, 0.1) is 11.3 Å². The first-order valence-corrected chi connectivity index (χ1v) is 6.78. The van der Waals surface area contributed by atoms with E-state index in [9.17, 15) is 5.26 Å². The topological polar surface area (TPSA) is 23.8 Å². The Labute approximate surface area is 116 Å². The molecule has 2 aromatic rings. The van der Waals surface area contributed by atoms with Crippen LogP contribution in [-0.2, 0) is 6.42 Å². The predicted molar refractivity (Wildman–Crippen MR) is 77.3 cm³/mol. The number of halogens is 1. The Kier molecular flexibility index (Phi) is 4.55. The molecular formula is C16H14BrN. The Bertz CT molecular complexity index is 525. The van der Waals surface area contributed by atoms with Gasteiger partial charge in [0.1, 0.15) is 0 Å².